The summed E-state index contributed by atoms with van der Waals surface area (Å²) in [4.78, 5) is 14.6. The maximum Gasteiger partial charge on any atom is 0.243 e. The van der Waals surface area contributed by atoms with Crippen molar-refractivity contribution in [3.63, 3.8) is 0 Å². The van der Waals surface area contributed by atoms with Gasteiger partial charge in [0.15, 0.2) is 0 Å². The summed E-state index contributed by atoms with van der Waals surface area (Å²) in [7, 11) is 1.79. The van der Waals surface area contributed by atoms with Crippen LogP contribution < -0.4 is 0 Å². The van der Waals surface area contributed by atoms with E-state index >= 15 is 0 Å². The van der Waals surface area contributed by atoms with E-state index in [1.807, 2.05) is 48.9 Å². The van der Waals surface area contributed by atoms with Crippen LogP contribution in [0.1, 0.15) is 42.6 Å². The number of benzene rings is 1. The molecule has 5 nitrogen and oxygen atoms in total. The molecule has 0 radical (unpaired) electrons. The van der Waals surface area contributed by atoms with Crippen molar-refractivity contribution in [1.29, 1.82) is 5.26 Å². The van der Waals surface area contributed by atoms with Gasteiger partial charge in [-0.15, -0.1) is 0 Å². The van der Waals surface area contributed by atoms with Gasteiger partial charge < -0.3 is 4.90 Å². The Labute approximate surface area is 148 Å². The highest BCUT2D eigenvalue weighted by Crippen LogP contribution is 2.39. The molecule has 1 aliphatic carbocycles. The number of aromatic nitrogens is 2. The summed E-state index contributed by atoms with van der Waals surface area (Å²) in [5.74, 6) is -0.0567. The van der Waals surface area contributed by atoms with Gasteiger partial charge in [0.25, 0.3) is 0 Å². The maximum absolute atomic E-state index is 12.9. The minimum Gasteiger partial charge on any atom is -0.340 e. The smallest absolute Gasteiger partial charge is 0.243 e. The third-order valence-electron chi connectivity index (χ3n) is 5.26. The van der Waals surface area contributed by atoms with E-state index in [0.29, 0.717) is 19.4 Å². The fraction of sp³-hybridized carbons (Fsp3) is 0.450. The highest BCUT2D eigenvalue weighted by molar-refractivity contribution is 5.85. The molecular formula is C20H24N4O. The van der Waals surface area contributed by atoms with E-state index in [-0.39, 0.29) is 5.91 Å². The number of hydrogen-bond acceptors (Lipinski definition) is 3. The minimum atomic E-state index is -0.827. The summed E-state index contributed by atoms with van der Waals surface area (Å²) in [6, 6.07) is 12.3. The summed E-state index contributed by atoms with van der Waals surface area (Å²) in [6.45, 7) is 4.47. The van der Waals surface area contributed by atoms with Crippen LogP contribution in [0, 0.1) is 30.6 Å². The molecule has 3 rings (SSSR count). The lowest BCUT2D eigenvalue weighted by molar-refractivity contribution is -0.138. The topological polar surface area (TPSA) is 61.9 Å². The first kappa shape index (κ1) is 17.2. The van der Waals surface area contributed by atoms with Crippen LogP contribution >= 0.6 is 0 Å². The Kier molecular flexibility index (Phi) is 4.63. The molecule has 5 heteroatoms. The highest BCUT2D eigenvalue weighted by atomic mass is 16.2. The number of para-hydroxylation sites is 1. The van der Waals surface area contributed by atoms with Crippen LogP contribution in [-0.2, 0) is 11.3 Å². The van der Waals surface area contributed by atoms with E-state index in [0.717, 1.165) is 35.5 Å². The number of hydrogen-bond donors (Lipinski definition) is 0. The molecule has 0 bridgehead atoms. The van der Waals surface area contributed by atoms with Gasteiger partial charge in [-0.3, -0.25) is 4.79 Å². The molecule has 2 aromatic rings. The van der Waals surface area contributed by atoms with Crippen LogP contribution in [0.5, 0.6) is 0 Å². The summed E-state index contributed by atoms with van der Waals surface area (Å²) in [5, 5.41) is 14.2. The van der Waals surface area contributed by atoms with E-state index < -0.39 is 5.41 Å². The Balaban J connectivity index is 1.85. The summed E-state index contributed by atoms with van der Waals surface area (Å²) in [5.41, 5.74) is 3.17. The molecule has 1 aromatic carbocycles. The van der Waals surface area contributed by atoms with Crippen LogP contribution in [0.25, 0.3) is 5.69 Å². The second-order valence-corrected chi connectivity index (χ2v) is 6.96. The molecule has 130 valence electrons. The number of carbonyl (C=O) groups excluding carboxylic acids is 1. The van der Waals surface area contributed by atoms with Gasteiger partial charge in [0.2, 0.25) is 5.91 Å². The van der Waals surface area contributed by atoms with Crippen LogP contribution in [-0.4, -0.2) is 27.6 Å². The van der Waals surface area contributed by atoms with E-state index in [1.54, 1.807) is 11.9 Å². The third kappa shape index (κ3) is 3.05. The van der Waals surface area contributed by atoms with Gasteiger partial charge in [-0.2, -0.15) is 10.4 Å². The second kappa shape index (κ2) is 6.72. The van der Waals surface area contributed by atoms with Crippen molar-refractivity contribution >= 4 is 5.91 Å². The molecule has 0 spiro atoms. The van der Waals surface area contributed by atoms with E-state index in [1.165, 1.54) is 0 Å². The summed E-state index contributed by atoms with van der Waals surface area (Å²) < 4.78 is 1.92. The van der Waals surface area contributed by atoms with Crippen molar-refractivity contribution in [1.82, 2.24) is 14.7 Å². The van der Waals surface area contributed by atoms with Crippen molar-refractivity contribution in [3.05, 3.63) is 47.3 Å². The van der Waals surface area contributed by atoms with E-state index in [4.69, 9.17) is 0 Å². The lowest BCUT2D eigenvalue weighted by atomic mass is 9.86. The highest BCUT2D eigenvalue weighted by Gasteiger charge is 2.43. The SMILES string of the molecule is Cc1nn(-c2ccccc2)c(C)c1CN(C)C(=O)C1(C#N)CCCC1. The minimum absolute atomic E-state index is 0.0567. The van der Waals surface area contributed by atoms with Gasteiger partial charge in [0.1, 0.15) is 5.41 Å². The van der Waals surface area contributed by atoms with Crippen molar-refractivity contribution in [3.8, 4) is 11.8 Å². The van der Waals surface area contributed by atoms with E-state index in [9.17, 15) is 10.1 Å². The molecular weight excluding hydrogens is 312 g/mol. The Morgan fingerprint density at radius 2 is 1.92 bits per heavy atom. The van der Waals surface area contributed by atoms with Crippen molar-refractivity contribution in [2.24, 2.45) is 5.41 Å². The molecule has 1 fully saturated rings. The average molecular weight is 336 g/mol. The molecule has 1 aromatic heterocycles. The van der Waals surface area contributed by atoms with Gasteiger partial charge in [-0.1, -0.05) is 31.0 Å². The Morgan fingerprint density at radius 3 is 2.52 bits per heavy atom. The third-order valence-corrected chi connectivity index (χ3v) is 5.26. The molecule has 0 aliphatic heterocycles. The monoisotopic (exact) mass is 336 g/mol. The number of nitriles is 1. The molecule has 0 unspecified atom stereocenters. The lowest BCUT2D eigenvalue weighted by Gasteiger charge is -2.26. The zero-order valence-corrected chi connectivity index (χ0v) is 15.1. The quantitative estimate of drug-likeness (QED) is 0.858. The van der Waals surface area contributed by atoms with Gasteiger partial charge in [-0.05, 0) is 38.8 Å². The molecule has 0 atom stereocenters. The second-order valence-electron chi connectivity index (χ2n) is 6.96. The molecule has 0 saturated heterocycles. The van der Waals surface area contributed by atoms with Crippen molar-refractivity contribution in [2.45, 2.75) is 46.1 Å². The zero-order chi connectivity index (χ0) is 18.0. The van der Waals surface area contributed by atoms with Gasteiger partial charge in [0, 0.05) is 24.8 Å². The number of carbonyl (C=O) groups is 1. The van der Waals surface area contributed by atoms with Crippen LogP contribution in [0.2, 0.25) is 0 Å². The molecule has 1 amide bonds. The molecule has 1 saturated carbocycles. The maximum atomic E-state index is 12.9. The normalized spacial score (nSPS) is 15.8. The first-order valence-electron chi connectivity index (χ1n) is 8.76. The first-order chi connectivity index (χ1) is 12.0. The predicted molar refractivity (Wildman–Crippen MR) is 96.0 cm³/mol. The Morgan fingerprint density at radius 1 is 1.28 bits per heavy atom. The largest absolute Gasteiger partial charge is 0.340 e. The molecule has 1 aliphatic rings. The predicted octanol–water partition coefficient (Wildman–Crippen LogP) is 3.53. The standard InChI is InChI=1S/C20H24N4O/c1-15-18(16(2)24(22-15)17-9-5-4-6-10-17)13-23(3)19(25)20(14-21)11-7-8-12-20/h4-6,9-10H,7-8,11-13H2,1-3H3. The Hall–Kier alpha value is -2.61. The molecule has 0 N–H and O–H groups in total. The van der Waals surface area contributed by atoms with Crippen molar-refractivity contribution < 1.29 is 4.79 Å². The fourth-order valence-corrected chi connectivity index (χ4v) is 3.75. The van der Waals surface area contributed by atoms with Gasteiger partial charge in [-0.25, -0.2) is 4.68 Å². The van der Waals surface area contributed by atoms with Gasteiger partial charge in [0.05, 0.1) is 17.5 Å². The number of amides is 1. The van der Waals surface area contributed by atoms with E-state index in [2.05, 4.69) is 11.2 Å². The number of nitrogens with zero attached hydrogens (tertiary/aromatic N) is 4. The zero-order valence-electron chi connectivity index (χ0n) is 15.1. The first-order valence-corrected chi connectivity index (χ1v) is 8.76. The number of rotatable bonds is 4. The van der Waals surface area contributed by atoms with Crippen molar-refractivity contribution in [2.75, 3.05) is 7.05 Å². The van der Waals surface area contributed by atoms with Crippen LogP contribution in [0.3, 0.4) is 0 Å². The van der Waals surface area contributed by atoms with Crippen LogP contribution in [0.15, 0.2) is 30.3 Å². The molecule has 25 heavy (non-hydrogen) atoms. The number of aryl methyl sites for hydroxylation is 1. The van der Waals surface area contributed by atoms with Gasteiger partial charge >= 0.3 is 0 Å². The lowest BCUT2D eigenvalue weighted by Crippen LogP contribution is -2.39. The summed E-state index contributed by atoms with van der Waals surface area (Å²) in [6.07, 6.45) is 3.26. The fourth-order valence-electron chi connectivity index (χ4n) is 3.75. The summed E-state index contributed by atoms with van der Waals surface area (Å²) >= 11 is 0. The average Bonchev–Trinajstić information content (AvgIpc) is 3.23. The Bertz CT molecular complexity index is 810. The molecule has 1 heterocycles. The van der Waals surface area contributed by atoms with Crippen LogP contribution in [0.4, 0.5) is 0 Å².